The Morgan fingerprint density at radius 1 is 1.42 bits per heavy atom. The van der Waals surface area contributed by atoms with Gasteiger partial charge in [0, 0.05) is 7.05 Å². The Morgan fingerprint density at radius 3 is 2.53 bits per heavy atom. The third kappa shape index (κ3) is 4.24. The zero-order valence-corrected chi connectivity index (χ0v) is 11.5. The van der Waals surface area contributed by atoms with Crippen molar-refractivity contribution in [3.63, 3.8) is 0 Å². The number of rotatable bonds is 5. The molecular formula is C9H14FN3O5S. The van der Waals surface area contributed by atoms with Gasteiger partial charge in [-0.05, 0) is 6.92 Å². The maximum absolute atomic E-state index is 13.5. The number of hydrogen-bond donors (Lipinski definition) is 0. The Morgan fingerprint density at radius 2 is 2.00 bits per heavy atom. The molecule has 0 bridgehead atoms. The summed E-state index contributed by atoms with van der Waals surface area (Å²) in [6.07, 6.45) is -1.04. The average Bonchev–Trinajstić information content (AvgIpc) is 2.28. The van der Waals surface area contributed by atoms with Crippen LogP contribution in [0.2, 0.25) is 0 Å². The van der Waals surface area contributed by atoms with Gasteiger partial charge in [-0.25, -0.2) is 18.5 Å². The Kier molecular flexibility index (Phi) is 4.58. The first-order valence-corrected chi connectivity index (χ1v) is 7.06. The maximum Gasteiger partial charge on any atom is 0.353 e. The second-order valence-corrected chi connectivity index (χ2v) is 5.62. The van der Waals surface area contributed by atoms with Gasteiger partial charge in [-0.3, -0.25) is 8.75 Å². The molecule has 1 aromatic rings. The van der Waals surface area contributed by atoms with E-state index in [9.17, 15) is 22.4 Å². The van der Waals surface area contributed by atoms with E-state index in [1.165, 1.54) is 14.0 Å². The van der Waals surface area contributed by atoms with Crippen molar-refractivity contribution in [3.05, 3.63) is 26.8 Å². The second-order valence-electron chi connectivity index (χ2n) is 3.98. The fourth-order valence-corrected chi connectivity index (χ4v) is 1.67. The van der Waals surface area contributed by atoms with Gasteiger partial charge in [-0.2, -0.15) is 13.4 Å². The quantitative estimate of drug-likeness (QED) is 0.617. The van der Waals surface area contributed by atoms with Crippen molar-refractivity contribution in [1.29, 1.82) is 0 Å². The summed E-state index contributed by atoms with van der Waals surface area (Å²) in [6.45, 7) is 0.0868. The molecule has 0 fully saturated rings. The van der Waals surface area contributed by atoms with Crippen LogP contribution in [0.25, 0.3) is 0 Å². The van der Waals surface area contributed by atoms with Crippen LogP contribution in [-0.4, -0.2) is 41.6 Å². The summed E-state index contributed by atoms with van der Waals surface area (Å²) in [4.78, 5) is 26.7. The lowest BCUT2D eigenvalue weighted by atomic mass is 10.4. The van der Waals surface area contributed by atoms with Crippen molar-refractivity contribution in [2.75, 3.05) is 12.9 Å². The molecule has 10 heteroatoms. The van der Waals surface area contributed by atoms with Crippen LogP contribution in [-0.2, 0) is 27.9 Å². The van der Waals surface area contributed by atoms with Gasteiger partial charge in [0.05, 0.1) is 19.4 Å². The Bertz CT molecular complexity index is 678. The first-order valence-electron chi connectivity index (χ1n) is 5.24. The molecule has 19 heavy (non-hydrogen) atoms. The lowest BCUT2D eigenvalue weighted by Gasteiger charge is -2.11. The van der Waals surface area contributed by atoms with Crippen molar-refractivity contribution in [2.24, 2.45) is 7.05 Å². The topological polar surface area (TPSA) is 100 Å². The molecular weight excluding hydrogens is 281 g/mol. The normalized spacial score (nSPS) is 13.5. The fraction of sp³-hybridized carbons (Fsp3) is 0.667. The Labute approximate surface area is 108 Å². The summed E-state index contributed by atoms with van der Waals surface area (Å²) < 4.78 is 40.8. The molecule has 0 saturated carbocycles. The van der Waals surface area contributed by atoms with Crippen molar-refractivity contribution in [3.8, 4) is 0 Å². The SMILES string of the molecule is Cc1nc(=O)n(CC(F)COS(C)(=O)=O)c(=O)n1C. The zero-order valence-electron chi connectivity index (χ0n) is 10.7. The van der Waals surface area contributed by atoms with E-state index in [1.807, 2.05) is 0 Å². The molecule has 1 aromatic heterocycles. The summed E-state index contributed by atoms with van der Waals surface area (Å²) in [5, 5.41) is 0. The molecule has 0 N–H and O–H groups in total. The highest BCUT2D eigenvalue weighted by Crippen LogP contribution is 1.97. The number of aromatic nitrogens is 3. The largest absolute Gasteiger partial charge is 0.353 e. The smallest absolute Gasteiger partial charge is 0.285 e. The van der Waals surface area contributed by atoms with Gasteiger partial charge in [-0.1, -0.05) is 0 Å². The summed E-state index contributed by atoms with van der Waals surface area (Å²) >= 11 is 0. The standard InChI is InChI=1S/C9H14FN3O5S/c1-6-11-8(14)13(9(15)12(6)2)4-7(10)5-18-19(3,16)17/h7H,4-5H2,1-3H3. The van der Waals surface area contributed by atoms with Crippen LogP contribution in [0.5, 0.6) is 0 Å². The van der Waals surface area contributed by atoms with Crippen LogP contribution in [0.1, 0.15) is 5.82 Å². The Balaban J connectivity index is 2.92. The zero-order chi connectivity index (χ0) is 14.8. The summed E-state index contributed by atoms with van der Waals surface area (Å²) in [5.74, 6) is 0.203. The van der Waals surface area contributed by atoms with E-state index in [-0.39, 0.29) is 5.82 Å². The summed E-state index contributed by atoms with van der Waals surface area (Å²) in [7, 11) is -2.38. The molecule has 1 unspecified atom stereocenters. The minimum absolute atomic E-state index is 0.203. The van der Waals surface area contributed by atoms with Crippen LogP contribution in [0.3, 0.4) is 0 Å². The van der Waals surface area contributed by atoms with E-state index in [4.69, 9.17) is 0 Å². The van der Waals surface area contributed by atoms with Crippen molar-refractivity contribution in [2.45, 2.75) is 19.6 Å². The van der Waals surface area contributed by atoms with E-state index in [2.05, 4.69) is 9.17 Å². The van der Waals surface area contributed by atoms with E-state index in [0.717, 1.165) is 10.8 Å². The fourth-order valence-electron chi connectivity index (χ4n) is 1.28. The molecule has 0 aromatic carbocycles. The molecule has 1 atom stereocenters. The molecule has 0 amide bonds. The molecule has 0 saturated heterocycles. The molecule has 8 nitrogen and oxygen atoms in total. The van der Waals surface area contributed by atoms with Crippen LogP contribution >= 0.6 is 0 Å². The average molecular weight is 295 g/mol. The van der Waals surface area contributed by atoms with Gasteiger partial charge in [0.15, 0.2) is 0 Å². The number of alkyl halides is 1. The number of hydrogen-bond acceptors (Lipinski definition) is 6. The predicted octanol–water partition coefficient (Wildman–Crippen LogP) is -1.44. The van der Waals surface area contributed by atoms with Gasteiger partial charge >= 0.3 is 11.4 Å². The Hall–Kier alpha value is -1.55. The van der Waals surface area contributed by atoms with E-state index < -0.39 is 40.8 Å². The number of aryl methyl sites for hydroxylation is 1. The van der Waals surface area contributed by atoms with Gasteiger partial charge in [0.2, 0.25) is 0 Å². The molecule has 108 valence electrons. The van der Waals surface area contributed by atoms with E-state index >= 15 is 0 Å². The molecule has 0 aliphatic rings. The minimum atomic E-state index is -3.77. The molecule has 1 heterocycles. The van der Waals surface area contributed by atoms with Crippen molar-refractivity contribution >= 4 is 10.1 Å². The van der Waals surface area contributed by atoms with Crippen LogP contribution < -0.4 is 11.4 Å². The lowest BCUT2D eigenvalue weighted by Crippen LogP contribution is -2.44. The molecule has 1 rings (SSSR count). The van der Waals surface area contributed by atoms with E-state index in [0.29, 0.717) is 4.57 Å². The molecule has 0 radical (unpaired) electrons. The van der Waals surface area contributed by atoms with Gasteiger partial charge in [0.1, 0.15) is 12.0 Å². The monoisotopic (exact) mass is 295 g/mol. The highest BCUT2D eigenvalue weighted by Gasteiger charge is 2.16. The van der Waals surface area contributed by atoms with Crippen LogP contribution in [0.4, 0.5) is 4.39 Å². The molecule has 0 aliphatic heterocycles. The first-order chi connectivity index (χ1) is 8.61. The summed E-state index contributed by atoms with van der Waals surface area (Å²) in [5.41, 5.74) is -1.61. The van der Waals surface area contributed by atoms with Crippen LogP contribution in [0, 0.1) is 6.92 Å². The molecule has 0 aliphatic carbocycles. The highest BCUT2D eigenvalue weighted by molar-refractivity contribution is 7.85. The maximum atomic E-state index is 13.5. The lowest BCUT2D eigenvalue weighted by molar-refractivity contribution is 0.180. The minimum Gasteiger partial charge on any atom is -0.285 e. The first kappa shape index (κ1) is 15.5. The van der Waals surface area contributed by atoms with Gasteiger partial charge < -0.3 is 0 Å². The highest BCUT2D eigenvalue weighted by atomic mass is 32.2. The molecule has 0 spiro atoms. The third-order valence-corrected chi connectivity index (χ3v) is 2.90. The van der Waals surface area contributed by atoms with Crippen molar-refractivity contribution in [1.82, 2.24) is 14.1 Å². The van der Waals surface area contributed by atoms with E-state index in [1.54, 1.807) is 0 Å². The van der Waals surface area contributed by atoms with Gasteiger partial charge in [0.25, 0.3) is 10.1 Å². The van der Waals surface area contributed by atoms with Gasteiger partial charge in [-0.15, -0.1) is 0 Å². The summed E-state index contributed by atoms with van der Waals surface area (Å²) in [6, 6.07) is 0. The number of halogens is 1. The number of nitrogens with zero attached hydrogens (tertiary/aromatic N) is 3. The third-order valence-electron chi connectivity index (χ3n) is 2.34. The second kappa shape index (κ2) is 5.61. The predicted molar refractivity (Wildman–Crippen MR) is 64.2 cm³/mol. The van der Waals surface area contributed by atoms with Crippen LogP contribution in [0.15, 0.2) is 9.59 Å². The van der Waals surface area contributed by atoms with Crippen molar-refractivity contribution < 1.29 is 17.0 Å².